The number of aryl methyl sites for hydroxylation is 2. The van der Waals surface area contributed by atoms with E-state index in [1.165, 1.54) is 60.8 Å². The highest BCUT2D eigenvalue weighted by atomic mass is 35.5. The number of thioether (sulfide) groups is 1. The van der Waals surface area contributed by atoms with Crippen molar-refractivity contribution in [3.05, 3.63) is 39.9 Å². The SMILES string of the molecule is CCCCSc1nc(Cl)c2c(-c3ccc4c(c3)CCCC4)csc2n1. The van der Waals surface area contributed by atoms with E-state index in [1.807, 2.05) is 0 Å². The van der Waals surface area contributed by atoms with Crippen LogP contribution < -0.4 is 0 Å². The molecule has 4 rings (SSSR count). The number of benzene rings is 1. The average Bonchev–Trinajstić information content (AvgIpc) is 3.06. The van der Waals surface area contributed by atoms with Crippen molar-refractivity contribution in [1.82, 2.24) is 9.97 Å². The van der Waals surface area contributed by atoms with E-state index in [0.29, 0.717) is 5.15 Å². The topological polar surface area (TPSA) is 25.8 Å². The number of halogens is 1. The van der Waals surface area contributed by atoms with Crippen LogP contribution in [0.2, 0.25) is 5.15 Å². The molecule has 2 aromatic heterocycles. The maximum atomic E-state index is 6.56. The van der Waals surface area contributed by atoms with Gasteiger partial charge in [-0.1, -0.05) is 54.9 Å². The monoisotopic (exact) mass is 388 g/mol. The van der Waals surface area contributed by atoms with Crippen LogP contribution in [-0.4, -0.2) is 15.7 Å². The van der Waals surface area contributed by atoms with Gasteiger partial charge in [0.2, 0.25) is 0 Å². The third-order valence-electron chi connectivity index (χ3n) is 4.76. The second kappa shape index (κ2) is 7.65. The van der Waals surface area contributed by atoms with Gasteiger partial charge in [-0.25, -0.2) is 9.97 Å². The van der Waals surface area contributed by atoms with E-state index < -0.39 is 0 Å². The van der Waals surface area contributed by atoms with Crippen LogP contribution in [0.15, 0.2) is 28.7 Å². The maximum absolute atomic E-state index is 6.56. The first-order valence-corrected chi connectivity index (χ1v) is 11.2. The first-order valence-electron chi connectivity index (χ1n) is 8.96. The normalized spacial score (nSPS) is 14.0. The van der Waals surface area contributed by atoms with Crippen molar-refractivity contribution in [3.63, 3.8) is 0 Å². The Morgan fingerprint density at radius 2 is 2.00 bits per heavy atom. The van der Waals surface area contributed by atoms with Gasteiger partial charge >= 0.3 is 0 Å². The van der Waals surface area contributed by atoms with Crippen molar-refractivity contribution in [3.8, 4) is 11.1 Å². The zero-order valence-corrected chi connectivity index (χ0v) is 16.7. The van der Waals surface area contributed by atoms with Crippen LogP contribution in [0.1, 0.15) is 43.7 Å². The zero-order valence-electron chi connectivity index (χ0n) is 14.3. The van der Waals surface area contributed by atoms with Gasteiger partial charge in [0, 0.05) is 16.7 Å². The molecule has 25 heavy (non-hydrogen) atoms. The summed E-state index contributed by atoms with van der Waals surface area (Å²) in [7, 11) is 0. The highest BCUT2D eigenvalue weighted by molar-refractivity contribution is 7.99. The number of hydrogen-bond donors (Lipinski definition) is 0. The number of fused-ring (bicyclic) bond motifs is 2. The Balaban J connectivity index is 1.71. The van der Waals surface area contributed by atoms with Crippen molar-refractivity contribution in [1.29, 1.82) is 0 Å². The minimum Gasteiger partial charge on any atom is -0.211 e. The van der Waals surface area contributed by atoms with Crippen molar-refractivity contribution in [2.45, 2.75) is 50.6 Å². The lowest BCUT2D eigenvalue weighted by Crippen LogP contribution is -2.02. The molecule has 1 aliphatic rings. The summed E-state index contributed by atoms with van der Waals surface area (Å²) in [4.78, 5) is 10.3. The number of aromatic nitrogens is 2. The van der Waals surface area contributed by atoms with Crippen LogP contribution in [0.5, 0.6) is 0 Å². The maximum Gasteiger partial charge on any atom is 0.190 e. The Morgan fingerprint density at radius 3 is 2.84 bits per heavy atom. The molecule has 0 amide bonds. The quantitative estimate of drug-likeness (QED) is 0.208. The summed E-state index contributed by atoms with van der Waals surface area (Å²) in [6.45, 7) is 2.20. The van der Waals surface area contributed by atoms with E-state index in [-0.39, 0.29) is 0 Å². The molecular formula is C20H21ClN2S2. The summed E-state index contributed by atoms with van der Waals surface area (Å²) in [5.41, 5.74) is 5.41. The molecule has 0 saturated carbocycles. The van der Waals surface area contributed by atoms with Crippen molar-refractivity contribution >= 4 is 44.9 Å². The Labute approximate surface area is 162 Å². The smallest absolute Gasteiger partial charge is 0.190 e. The molecule has 2 heterocycles. The molecule has 0 radical (unpaired) electrons. The van der Waals surface area contributed by atoms with E-state index in [1.54, 1.807) is 23.1 Å². The second-order valence-electron chi connectivity index (χ2n) is 6.52. The van der Waals surface area contributed by atoms with Gasteiger partial charge < -0.3 is 0 Å². The van der Waals surface area contributed by atoms with Crippen LogP contribution in [0.3, 0.4) is 0 Å². The lowest BCUT2D eigenvalue weighted by atomic mass is 9.89. The van der Waals surface area contributed by atoms with Gasteiger partial charge in [0.05, 0.1) is 5.39 Å². The highest BCUT2D eigenvalue weighted by Gasteiger charge is 2.16. The fraction of sp³-hybridized carbons (Fsp3) is 0.400. The summed E-state index contributed by atoms with van der Waals surface area (Å²) >= 11 is 9.92. The Kier molecular flexibility index (Phi) is 5.30. The lowest BCUT2D eigenvalue weighted by molar-refractivity contribution is 0.686. The van der Waals surface area contributed by atoms with Crippen molar-refractivity contribution in [2.24, 2.45) is 0 Å². The summed E-state index contributed by atoms with van der Waals surface area (Å²) in [6.07, 6.45) is 7.36. The molecule has 0 aliphatic heterocycles. The number of nitrogens with zero attached hydrogens (tertiary/aromatic N) is 2. The molecule has 0 spiro atoms. The molecule has 3 aromatic rings. The van der Waals surface area contributed by atoms with E-state index >= 15 is 0 Å². The molecule has 0 saturated heterocycles. The fourth-order valence-corrected chi connectivity index (χ4v) is 5.68. The number of thiophene rings is 1. The van der Waals surface area contributed by atoms with Gasteiger partial charge in [0.25, 0.3) is 0 Å². The fourth-order valence-electron chi connectivity index (χ4n) is 3.37. The van der Waals surface area contributed by atoms with Crippen LogP contribution in [0.25, 0.3) is 21.3 Å². The Hall–Kier alpha value is -1.10. The zero-order chi connectivity index (χ0) is 17.2. The predicted molar refractivity (Wildman–Crippen MR) is 110 cm³/mol. The average molecular weight is 389 g/mol. The largest absolute Gasteiger partial charge is 0.211 e. The molecule has 1 aliphatic carbocycles. The first-order chi connectivity index (χ1) is 12.3. The third-order valence-corrected chi connectivity index (χ3v) is 6.84. The highest BCUT2D eigenvalue weighted by Crippen LogP contribution is 2.39. The molecule has 130 valence electrons. The van der Waals surface area contributed by atoms with Crippen molar-refractivity contribution < 1.29 is 0 Å². The number of rotatable bonds is 5. The summed E-state index contributed by atoms with van der Waals surface area (Å²) in [5, 5.41) is 4.56. The molecule has 0 bridgehead atoms. The van der Waals surface area contributed by atoms with Gasteiger partial charge in [-0.3, -0.25) is 0 Å². The van der Waals surface area contributed by atoms with E-state index in [0.717, 1.165) is 21.1 Å². The summed E-state index contributed by atoms with van der Waals surface area (Å²) < 4.78 is 0. The van der Waals surface area contributed by atoms with Crippen LogP contribution >= 0.6 is 34.7 Å². The van der Waals surface area contributed by atoms with Crippen LogP contribution in [0, 0.1) is 0 Å². The Bertz CT molecular complexity index is 904. The van der Waals surface area contributed by atoms with E-state index in [2.05, 4.69) is 35.5 Å². The minimum absolute atomic E-state index is 0.581. The third kappa shape index (κ3) is 3.57. The standard InChI is InChI=1S/C20H21ClN2S2/c1-2-3-10-24-20-22-18(21)17-16(12-25-19(17)23-20)15-9-8-13-6-4-5-7-14(13)11-15/h8-9,11-12H,2-7,10H2,1H3. The molecule has 2 nitrogen and oxygen atoms in total. The summed E-state index contributed by atoms with van der Waals surface area (Å²) in [6, 6.07) is 6.86. The molecule has 5 heteroatoms. The molecule has 0 atom stereocenters. The van der Waals surface area contributed by atoms with Gasteiger partial charge in [0.15, 0.2) is 5.16 Å². The molecule has 0 N–H and O–H groups in total. The molecule has 0 unspecified atom stereocenters. The van der Waals surface area contributed by atoms with Crippen LogP contribution in [0.4, 0.5) is 0 Å². The van der Waals surface area contributed by atoms with E-state index in [4.69, 9.17) is 16.6 Å². The Morgan fingerprint density at radius 1 is 1.16 bits per heavy atom. The second-order valence-corrected chi connectivity index (χ2v) is 8.80. The van der Waals surface area contributed by atoms with E-state index in [9.17, 15) is 0 Å². The van der Waals surface area contributed by atoms with Crippen LogP contribution in [-0.2, 0) is 12.8 Å². The molecule has 0 fully saturated rings. The van der Waals surface area contributed by atoms with Gasteiger partial charge in [0.1, 0.15) is 9.98 Å². The van der Waals surface area contributed by atoms with Crippen molar-refractivity contribution in [2.75, 3.05) is 5.75 Å². The minimum atomic E-state index is 0.581. The van der Waals surface area contributed by atoms with Gasteiger partial charge in [-0.05, 0) is 48.8 Å². The number of hydrogen-bond acceptors (Lipinski definition) is 4. The molecular weight excluding hydrogens is 368 g/mol. The van der Waals surface area contributed by atoms with Gasteiger partial charge in [-0.2, -0.15) is 0 Å². The number of unbranched alkanes of at least 4 members (excludes halogenated alkanes) is 1. The first kappa shape index (κ1) is 17.3. The van der Waals surface area contributed by atoms with Gasteiger partial charge in [-0.15, -0.1) is 11.3 Å². The predicted octanol–water partition coefficient (Wildman–Crippen LogP) is 6.78. The lowest BCUT2D eigenvalue weighted by Gasteiger charge is -2.16. The summed E-state index contributed by atoms with van der Waals surface area (Å²) in [5.74, 6) is 1.04. The molecule has 1 aromatic carbocycles.